The minimum absolute atomic E-state index is 0.164. The van der Waals surface area contributed by atoms with E-state index in [-0.39, 0.29) is 5.75 Å². The number of hydrogen-bond donors (Lipinski definition) is 2. The monoisotopic (exact) mass is 228 g/mol. The van der Waals surface area contributed by atoms with E-state index >= 15 is 0 Å². The summed E-state index contributed by atoms with van der Waals surface area (Å²) in [7, 11) is 0. The van der Waals surface area contributed by atoms with Crippen LogP contribution >= 0.6 is 0 Å². The average Bonchev–Trinajstić information content (AvgIpc) is 3.00. The Morgan fingerprint density at radius 2 is 2.18 bits per heavy atom. The summed E-state index contributed by atoms with van der Waals surface area (Å²) < 4.78 is 5.10. The van der Waals surface area contributed by atoms with E-state index in [0.29, 0.717) is 17.3 Å². The number of nitrogens with zero attached hydrogens (tertiary/aromatic N) is 3. The van der Waals surface area contributed by atoms with Crippen LogP contribution in [0.5, 0.6) is 5.75 Å². The molecule has 2 aromatic heterocycles. The molecule has 2 N–H and O–H groups in total. The molecule has 0 amide bonds. The second kappa shape index (κ2) is 3.75. The highest BCUT2D eigenvalue weighted by atomic mass is 16.5. The summed E-state index contributed by atoms with van der Waals surface area (Å²) in [4.78, 5) is 4.22. The third-order valence-corrected chi connectivity index (χ3v) is 2.28. The molecule has 0 unspecified atom stereocenters. The van der Waals surface area contributed by atoms with Crippen molar-refractivity contribution in [1.82, 2.24) is 20.3 Å². The van der Waals surface area contributed by atoms with Gasteiger partial charge in [0.25, 0.3) is 5.89 Å². The van der Waals surface area contributed by atoms with Crippen molar-refractivity contribution in [3.8, 4) is 28.6 Å². The number of rotatable bonds is 2. The fourth-order valence-corrected chi connectivity index (χ4v) is 1.47. The number of benzene rings is 1. The van der Waals surface area contributed by atoms with Crippen molar-refractivity contribution in [3.63, 3.8) is 0 Å². The van der Waals surface area contributed by atoms with Gasteiger partial charge in [0.15, 0.2) is 0 Å². The van der Waals surface area contributed by atoms with Gasteiger partial charge >= 0.3 is 0 Å². The summed E-state index contributed by atoms with van der Waals surface area (Å²) in [5, 5.41) is 19.7. The molecule has 0 atom stereocenters. The lowest BCUT2D eigenvalue weighted by molar-refractivity contribution is 0.432. The van der Waals surface area contributed by atoms with Gasteiger partial charge in [-0.05, 0) is 12.1 Å². The molecule has 0 bridgehead atoms. The quantitative estimate of drug-likeness (QED) is 0.698. The Labute approximate surface area is 95.9 Å². The molecule has 0 fully saturated rings. The van der Waals surface area contributed by atoms with Crippen molar-refractivity contribution < 1.29 is 9.63 Å². The SMILES string of the molecule is Oc1cccc(-c2noc(-c3cn[nH]c3)n2)c1. The molecule has 0 aliphatic heterocycles. The summed E-state index contributed by atoms with van der Waals surface area (Å²) in [6.45, 7) is 0. The lowest BCUT2D eigenvalue weighted by atomic mass is 10.2. The van der Waals surface area contributed by atoms with E-state index in [1.165, 1.54) is 0 Å². The molecule has 0 aliphatic rings. The number of aromatic hydroxyl groups is 1. The Kier molecular flexibility index (Phi) is 2.11. The highest BCUT2D eigenvalue weighted by molar-refractivity contribution is 5.60. The van der Waals surface area contributed by atoms with Crippen LogP contribution in [0.25, 0.3) is 22.8 Å². The Hall–Kier alpha value is -2.63. The Morgan fingerprint density at radius 1 is 1.24 bits per heavy atom. The van der Waals surface area contributed by atoms with E-state index in [0.717, 1.165) is 5.56 Å². The summed E-state index contributed by atoms with van der Waals surface area (Å²) >= 11 is 0. The van der Waals surface area contributed by atoms with Gasteiger partial charge in [-0.3, -0.25) is 5.10 Å². The molecule has 2 heterocycles. The third kappa shape index (κ3) is 1.76. The molecule has 1 aromatic carbocycles. The molecule has 6 nitrogen and oxygen atoms in total. The van der Waals surface area contributed by atoms with E-state index < -0.39 is 0 Å². The van der Waals surface area contributed by atoms with Gasteiger partial charge < -0.3 is 9.63 Å². The lowest BCUT2D eigenvalue weighted by Crippen LogP contribution is -1.80. The molecule has 3 aromatic rings. The van der Waals surface area contributed by atoms with Crippen LogP contribution in [0.15, 0.2) is 41.2 Å². The van der Waals surface area contributed by atoms with Crippen LogP contribution < -0.4 is 0 Å². The van der Waals surface area contributed by atoms with Gasteiger partial charge in [0.2, 0.25) is 5.82 Å². The highest BCUT2D eigenvalue weighted by Crippen LogP contribution is 2.23. The minimum Gasteiger partial charge on any atom is -0.508 e. The van der Waals surface area contributed by atoms with Crippen LogP contribution in [0.4, 0.5) is 0 Å². The number of phenols is 1. The summed E-state index contributed by atoms with van der Waals surface area (Å²) in [5.74, 6) is 0.978. The standard InChI is InChI=1S/C11H8N4O2/c16-9-3-1-2-7(4-9)10-14-11(17-15-10)8-5-12-13-6-8/h1-6,16H,(H,12,13). The van der Waals surface area contributed by atoms with Gasteiger partial charge in [-0.2, -0.15) is 10.1 Å². The number of phenolic OH excluding ortho intramolecular Hbond substituents is 1. The van der Waals surface area contributed by atoms with E-state index in [1.807, 2.05) is 0 Å². The summed E-state index contributed by atoms with van der Waals surface area (Å²) in [6.07, 6.45) is 3.26. The maximum absolute atomic E-state index is 9.36. The maximum Gasteiger partial charge on any atom is 0.261 e. The van der Waals surface area contributed by atoms with Gasteiger partial charge in [0, 0.05) is 11.8 Å². The number of H-pyrrole nitrogens is 1. The van der Waals surface area contributed by atoms with Crippen molar-refractivity contribution in [3.05, 3.63) is 36.7 Å². The molecule has 3 rings (SSSR count). The normalized spacial score (nSPS) is 10.6. The lowest BCUT2D eigenvalue weighted by Gasteiger charge is -1.94. The fourth-order valence-electron chi connectivity index (χ4n) is 1.47. The number of hydrogen-bond acceptors (Lipinski definition) is 5. The maximum atomic E-state index is 9.36. The van der Waals surface area contributed by atoms with Crippen molar-refractivity contribution in [1.29, 1.82) is 0 Å². The third-order valence-electron chi connectivity index (χ3n) is 2.28. The molecular formula is C11H8N4O2. The topological polar surface area (TPSA) is 87.8 Å². The second-order valence-corrected chi connectivity index (χ2v) is 3.46. The second-order valence-electron chi connectivity index (χ2n) is 3.46. The zero-order chi connectivity index (χ0) is 11.7. The molecular weight excluding hydrogens is 220 g/mol. The molecule has 0 saturated heterocycles. The first-order valence-corrected chi connectivity index (χ1v) is 4.95. The Balaban J connectivity index is 2.01. The first kappa shape index (κ1) is 9.59. The predicted octanol–water partition coefficient (Wildman–Crippen LogP) is 1.83. The fraction of sp³-hybridized carbons (Fsp3) is 0. The average molecular weight is 228 g/mol. The molecule has 0 saturated carbocycles. The van der Waals surface area contributed by atoms with Gasteiger partial charge in [-0.1, -0.05) is 17.3 Å². The van der Waals surface area contributed by atoms with Crippen molar-refractivity contribution in [2.75, 3.05) is 0 Å². The molecule has 84 valence electrons. The van der Waals surface area contributed by atoms with Crippen LogP contribution in [0.3, 0.4) is 0 Å². The number of aromatic amines is 1. The number of aromatic nitrogens is 4. The van der Waals surface area contributed by atoms with Crippen molar-refractivity contribution in [2.24, 2.45) is 0 Å². The van der Waals surface area contributed by atoms with Crippen molar-refractivity contribution in [2.45, 2.75) is 0 Å². The van der Waals surface area contributed by atoms with Crippen LogP contribution in [0, 0.1) is 0 Å². The van der Waals surface area contributed by atoms with E-state index in [4.69, 9.17) is 4.52 Å². The van der Waals surface area contributed by atoms with E-state index in [2.05, 4.69) is 20.3 Å². The molecule has 0 spiro atoms. The first-order chi connectivity index (χ1) is 8.33. The molecule has 6 heteroatoms. The number of nitrogens with one attached hydrogen (secondary N) is 1. The Morgan fingerprint density at radius 3 is 2.94 bits per heavy atom. The van der Waals surface area contributed by atoms with Crippen LogP contribution in [-0.2, 0) is 0 Å². The zero-order valence-corrected chi connectivity index (χ0v) is 8.66. The van der Waals surface area contributed by atoms with Crippen LogP contribution in [0.1, 0.15) is 0 Å². The van der Waals surface area contributed by atoms with Gasteiger partial charge in [-0.15, -0.1) is 0 Å². The van der Waals surface area contributed by atoms with Gasteiger partial charge in [-0.25, -0.2) is 0 Å². The zero-order valence-electron chi connectivity index (χ0n) is 8.66. The van der Waals surface area contributed by atoms with Crippen LogP contribution in [0.2, 0.25) is 0 Å². The summed E-state index contributed by atoms with van der Waals surface area (Å²) in [5.41, 5.74) is 1.42. The molecule has 0 aliphatic carbocycles. The van der Waals surface area contributed by atoms with E-state index in [9.17, 15) is 5.11 Å². The molecule has 0 radical (unpaired) electrons. The predicted molar refractivity (Wildman–Crippen MR) is 59.0 cm³/mol. The summed E-state index contributed by atoms with van der Waals surface area (Å²) in [6, 6.07) is 6.67. The van der Waals surface area contributed by atoms with E-state index in [1.54, 1.807) is 36.7 Å². The van der Waals surface area contributed by atoms with Gasteiger partial charge in [0.1, 0.15) is 5.75 Å². The molecule has 17 heavy (non-hydrogen) atoms. The van der Waals surface area contributed by atoms with Gasteiger partial charge in [0.05, 0.1) is 11.8 Å². The minimum atomic E-state index is 0.164. The van der Waals surface area contributed by atoms with Crippen molar-refractivity contribution >= 4 is 0 Å². The van der Waals surface area contributed by atoms with Crippen LogP contribution in [-0.4, -0.2) is 25.4 Å². The largest absolute Gasteiger partial charge is 0.508 e. The highest BCUT2D eigenvalue weighted by Gasteiger charge is 2.11. The smallest absolute Gasteiger partial charge is 0.261 e. The Bertz CT molecular complexity index is 630. The first-order valence-electron chi connectivity index (χ1n) is 4.95.